The molecule has 2 nitrogen and oxygen atoms in total. The third kappa shape index (κ3) is 2.23. The standard InChI is InChI=1S/C11H14FNO/c1-14-11-5-2-8(6-10(11)12)7-13-9-3-4-9/h2,5-6,9,13H,3-4,7H2,1H3. The molecule has 3 heteroatoms. The molecule has 1 fully saturated rings. The summed E-state index contributed by atoms with van der Waals surface area (Å²) in [5, 5.41) is 3.33. The van der Waals surface area contributed by atoms with Gasteiger partial charge in [0.15, 0.2) is 11.6 Å². The van der Waals surface area contributed by atoms with E-state index in [0.29, 0.717) is 11.8 Å². The summed E-state index contributed by atoms with van der Waals surface area (Å²) in [4.78, 5) is 0. The first-order valence-corrected chi connectivity index (χ1v) is 4.85. The van der Waals surface area contributed by atoms with Gasteiger partial charge in [-0.1, -0.05) is 6.07 Å². The highest BCUT2D eigenvalue weighted by Crippen LogP contribution is 2.21. The summed E-state index contributed by atoms with van der Waals surface area (Å²) in [5.74, 6) is 0.0165. The molecule has 2 rings (SSSR count). The summed E-state index contributed by atoms with van der Waals surface area (Å²) >= 11 is 0. The van der Waals surface area contributed by atoms with Gasteiger partial charge in [0.1, 0.15) is 0 Å². The second-order valence-corrected chi connectivity index (χ2v) is 3.62. The Morgan fingerprint density at radius 3 is 2.86 bits per heavy atom. The van der Waals surface area contributed by atoms with Crippen LogP contribution < -0.4 is 10.1 Å². The molecule has 0 spiro atoms. The van der Waals surface area contributed by atoms with Crippen LogP contribution in [0.3, 0.4) is 0 Å². The topological polar surface area (TPSA) is 21.3 Å². The van der Waals surface area contributed by atoms with Crippen molar-refractivity contribution in [2.45, 2.75) is 25.4 Å². The number of methoxy groups -OCH3 is 1. The summed E-state index contributed by atoms with van der Waals surface area (Å²) in [5.41, 5.74) is 0.968. The van der Waals surface area contributed by atoms with Crippen molar-refractivity contribution in [2.24, 2.45) is 0 Å². The fraction of sp³-hybridized carbons (Fsp3) is 0.455. The van der Waals surface area contributed by atoms with E-state index in [2.05, 4.69) is 5.32 Å². The highest BCUT2D eigenvalue weighted by atomic mass is 19.1. The average molecular weight is 195 g/mol. The molecule has 0 atom stereocenters. The van der Waals surface area contributed by atoms with Crippen LogP contribution in [-0.4, -0.2) is 13.2 Å². The molecule has 1 aliphatic rings. The fourth-order valence-electron chi connectivity index (χ4n) is 1.37. The zero-order valence-corrected chi connectivity index (χ0v) is 8.22. The molecule has 1 N–H and O–H groups in total. The molecule has 0 bridgehead atoms. The molecule has 76 valence electrons. The summed E-state index contributed by atoms with van der Waals surface area (Å²) in [7, 11) is 1.47. The average Bonchev–Trinajstić information content (AvgIpc) is 2.98. The van der Waals surface area contributed by atoms with Crippen molar-refractivity contribution in [3.8, 4) is 5.75 Å². The molecule has 1 saturated carbocycles. The lowest BCUT2D eigenvalue weighted by Gasteiger charge is -2.05. The van der Waals surface area contributed by atoms with Crippen LogP contribution in [0.4, 0.5) is 4.39 Å². The summed E-state index contributed by atoms with van der Waals surface area (Å²) in [6, 6.07) is 5.73. The molecule has 1 aliphatic carbocycles. The second kappa shape index (κ2) is 3.96. The van der Waals surface area contributed by atoms with Crippen molar-refractivity contribution in [1.29, 1.82) is 0 Å². The molecule has 0 aliphatic heterocycles. The summed E-state index contributed by atoms with van der Waals surface area (Å²) < 4.78 is 18.1. The van der Waals surface area contributed by atoms with Crippen LogP contribution in [0.1, 0.15) is 18.4 Å². The van der Waals surface area contributed by atoms with E-state index in [0.717, 1.165) is 12.1 Å². The van der Waals surface area contributed by atoms with Crippen molar-refractivity contribution in [3.63, 3.8) is 0 Å². The number of benzene rings is 1. The van der Waals surface area contributed by atoms with E-state index in [1.165, 1.54) is 26.0 Å². The molecular weight excluding hydrogens is 181 g/mol. The Hall–Kier alpha value is -1.09. The maximum Gasteiger partial charge on any atom is 0.165 e. The molecule has 1 aromatic rings. The Morgan fingerprint density at radius 1 is 1.50 bits per heavy atom. The van der Waals surface area contributed by atoms with Gasteiger partial charge in [0, 0.05) is 12.6 Å². The van der Waals surface area contributed by atoms with Crippen LogP contribution >= 0.6 is 0 Å². The Morgan fingerprint density at radius 2 is 2.29 bits per heavy atom. The van der Waals surface area contributed by atoms with Gasteiger partial charge < -0.3 is 10.1 Å². The summed E-state index contributed by atoms with van der Waals surface area (Å²) in [6.07, 6.45) is 2.50. The number of nitrogens with one attached hydrogen (secondary N) is 1. The lowest BCUT2D eigenvalue weighted by molar-refractivity contribution is 0.386. The van der Waals surface area contributed by atoms with Gasteiger partial charge in [-0.05, 0) is 30.5 Å². The maximum atomic E-state index is 13.2. The predicted octanol–water partition coefficient (Wildman–Crippen LogP) is 2.09. The molecule has 1 aromatic carbocycles. The minimum Gasteiger partial charge on any atom is -0.494 e. The highest BCUT2D eigenvalue weighted by molar-refractivity contribution is 5.29. The fourth-order valence-corrected chi connectivity index (χ4v) is 1.37. The number of rotatable bonds is 4. The van der Waals surface area contributed by atoms with Crippen LogP contribution in [0, 0.1) is 5.82 Å². The highest BCUT2D eigenvalue weighted by Gasteiger charge is 2.19. The van der Waals surface area contributed by atoms with Crippen molar-refractivity contribution in [1.82, 2.24) is 5.32 Å². The van der Waals surface area contributed by atoms with E-state index in [1.54, 1.807) is 6.07 Å². The van der Waals surface area contributed by atoms with Crippen molar-refractivity contribution < 1.29 is 9.13 Å². The van der Waals surface area contributed by atoms with Crippen LogP contribution in [0.25, 0.3) is 0 Å². The van der Waals surface area contributed by atoms with Crippen molar-refractivity contribution >= 4 is 0 Å². The normalized spacial score (nSPS) is 15.6. The van der Waals surface area contributed by atoms with E-state index in [9.17, 15) is 4.39 Å². The molecule has 0 saturated heterocycles. The van der Waals surface area contributed by atoms with Gasteiger partial charge in [0.2, 0.25) is 0 Å². The number of ether oxygens (including phenoxy) is 1. The number of hydrogen-bond acceptors (Lipinski definition) is 2. The first kappa shape index (κ1) is 9.46. The van der Waals surface area contributed by atoms with Gasteiger partial charge in [-0.3, -0.25) is 0 Å². The van der Waals surface area contributed by atoms with E-state index in [-0.39, 0.29) is 5.82 Å². The van der Waals surface area contributed by atoms with Crippen LogP contribution in [0.15, 0.2) is 18.2 Å². The van der Waals surface area contributed by atoms with Gasteiger partial charge in [0.25, 0.3) is 0 Å². The van der Waals surface area contributed by atoms with E-state index in [4.69, 9.17) is 4.74 Å². The third-order valence-electron chi connectivity index (χ3n) is 2.39. The van der Waals surface area contributed by atoms with Crippen LogP contribution in [-0.2, 0) is 6.54 Å². The second-order valence-electron chi connectivity index (χ2n) is 3.62. The quantitative estimate of drug-likeness (QED) is 0.794. The predicted molar refractivity (Wildman–Crippen MR) is 52.8 cm³/mol. The number of hydrogen-bond donors (Lipinski definition) is 1. The van der Waals surface area contributed by atoms with Gasteiger partial charge in [-0.2, -0.15) is 0 Å². The first-order chi connectivity index (χ1) is 6.79. The zero-order chi connectivity index (χ0) is 9.97. The zero-order valence-electron chi connectivity index (χ0n) is 8.22. The summed E-state index contributed by atoms with van der Waals surface area (Å²) in [6.45, 7) is 0.742. The SMILES string of the molecule is COc1ccc(CNC2CC2)cc1F. The maximum absolute atomic E-state index is 13.2. The lowest BCUT2D eigenvalue weighted by Crippen LogP contribution is -2.15. The van der Waals surface area contributed by atoms with Crippen molar-refractivity contribution in [3.05, 3.63) is 29.6 Å². The molecule has 0 unspecified atom stereocenters. The molecule has 0 amide bonds. The Bertz CT molecular complexity index is 323. The monoisotopic (exact) mass is 195 g/mol. The smallest absolute Gasteiger partial charge is 0.165 e. The van der Waals surface area contributed by atoms with E-state index in [1.807, 2.05) is 6.07 Å². The van der Waals surface area contributed by atoms with Gasteiger partial charge in [0.05, 0.1) is 7.11 Å². The van der Waals surface area contributed by atoms with E-state index >= 15 is 0 Å². The van der Waals surface area contributed by atoms with Crippen molar-refractivity contribution in [2.75, 3.05) is 7.11 Å². The first-order valence-electron chi connectivity index (χ1n) is 4.85. The van der Waals surface area contributed by atoms with E-state index < -0.39 is 0 Å². The minimum absolute atomic E-state index is 0.289. The van der Waals surface area contributed by atoms with Gasteiger partial charge >= 0.3 is 0 Å². The molecule has 14 heavy (non-hydrogen) atoms. The molecule has 0 heterocycles. The Balaban J connectivity index is 1.99. The third-order valence-corrected chi connectivity index (χ3v) is 2.39. The minimum atomic E-state index is -0.289. The number of halogens is 1. The largest absolute Gasteiger partial charge is 0.494 e. The molecule has 0 aromatic heterocycles. The van der Waals surface area contributed by atoms with Gasteiger partial charge in [-0.25, -0.2) is 4.39 Å². The molecule has 0 radical (unpaired) electrons. The van der Waals surface area contributed by atoms with Gasteiger partial charge in [-0.15, -0.1) is 0 Å². The Labute approximate surface area is 83.1 Å². The Kier molecular flexibility index (Phi) is 2.68. The molecular formula is C11H14FNO. The lowest BCUT2D eigenvalue weighted by atomic mass is 10.2. The van der Waals surface area contributed by atoms with Crippen LogP contribution in [0.2, 0.25) is 0 Å². The van der Waals surface area contributed by atoms with Crippen LogP contribution in [0.5, 0.6) is 5.75 Å².